The third kappa shape index (κ3) is 2.92. The van der Waals surface area contributed by atoms with Crippen LogP contribution in [-0.2, 0) is 0 Å². The number of hydrogen-bond donors (Lipinski definition) is 2. The minimum absolute atomic E-state index is 0.229. The van der Waals surface area contributed by atoms with E-state index in [0.717, 1.165) is 24.4 Å². The van der Waals surface area contributed by atoms with Crippen molar-refractivity contribution in [1.29, 1.82) is 0 Å². The lowest BCUT2D eigenvalue weighted by molar-refractivity contribution is 0.172. The summed E-state index contributed by atoms with van der Waals surface area (Å²) in [5, 5.41) is 8.56. The van der Waals surface area contributed by atoms with E-state index in [1.807, 2.05) is 12.1 Å². The van der Waals surface area contributed by atoms with Gasteiger partial charge in [-0.25, -0.2) is 0 Å². The number of fused-ring (bicyclic) bond motifs is 1. The van der Waals surface area contributed by atoms with E-state index in [9.17, 15) is 0 Å². The van der Waals surface area contributed by atoms with Crippen molar-refractivity contribution in [3.8, 4) is 0 Å². The van der Waals surface area contributed by atoms with E-state index >= 15 is 0 Å². The van der Waals surface area contributed by atoms with E-state index in [2.05, 4.69) is 50.5 Å². The standard InChI is InChI=1S/C19H28N2O/c1-13-15-8-5-6-9-16(15)22-18(13)14(2)21-12-17-19(3,4)10-7-11-20-17/h5-6,8-9,14,17,20-21H,7,10-12H2,1-4H3. The molecule has 0 saturated carbocycles. The number of hydrogen-bond acceptors (Lipinski definition) is 3. The molecule has 2 N–H and O–H groups in total. The van der Waals surface area contributed by atoms with Gasteiger partial charge in [0.05, 0.1) is 6.04 Å². The quantitative estimate of drug-likeness (QED) is 0.890. The first-order valence-electron chi connectivity index (χ1n) is 8.44. The maximum absolute atomic E-state index is 6.07. The summed E-state index contributed by atoms with van der Waals surface area (Å²) in [5.41, 5.74) is 2.60. The molecular weight excluding hydrogens is 272 g/mol. The molecule has 1 fully saturated rings. The molecule has 0 aliphatic carbocycles. The van der Waals surface area contributed by atoms with Gasteiger partial charge < -0.3 is 15.1 Å². The van der Waals surface area contributed by atoms with Crippen molar-refractivity contribution in [1.82, 2.24) is 10.6 Å². The van der Waals surface area contributed by atoms with Gasteiger partial charge in [-0.3, -0.25) is 0 Å². The first kappa shape index (κ1) is 15.6. The van der Waals surface area contributed by atoms with Crippen LogP contribution < -0.4 is 10.6 Å². The molecule has 1 aliphatic rings. The van der Waals surface area contributed by atoms with Crippen LogP contribution in [0.25, 0.3) is 11.0 Å². The van der Waals surface area contributed by atoms with E-state index in [0.29, 0.717) is 11.5 Å². The minimum atomic E-state index is 0.229. The van der Waals surface area contributed by atoms with Crippen molar-refractivity contribution in [3.63, 3.8) is 0 Å². The lowest BCUT2D eigenvalue weighted by Gasteiger charge is -2.40. The third-order valence-electron chi connectivity index (χ3n) is 5.23. The maximum atomic E-state index is 6.07. The number of furan rings is 1. The van der Waals surface area contributed by atoms with Crippen LogP contribution in [0, 0.1) is 12.3 Å². The summed E-state index contributed by atoms with van der Waals surface area (Å²) in [5.74, 6) is 1.06. The van der Waals surface area contributed by atoms with Crippen LogP contribution in [0.15, 0.2) is 28.7 Å². The van der Waals surface area contributed by atoms with Gasteiger partial charge in [-0.15, -0.1) is 0 Å². The Labute approximate surface area is 133 Å². The molecule has 0 bridgehead atoms. The molecule has 0 radical (unpaired) electrons. The number of piperidine rings is 1. The Morgan fingerprint density at radius 1 is 1.36 bits per heavy atom. The molecule has 1 saturated heterocycles. The van der Waals surface area contributed by atoms with E-state index < -0.39 is 0 Å². The highest BCUT2D eigenvalue weighted by atomic mass is 16.3. The van der Waals surface area contributed by atoms with Crippen LogP contribution in [-0.4, -0.2) is 19.1 Å². The van der Waals surface area contributed by atoms with Gasteiger partial charge in [0.15, 0.2) is 0 Å². The topological polar surface area (TPSA) is 37.2 Å². The summed E-state index contributed by atoms with van der Waals surface area (Å²) in [6, 6.07) is 9.03. The maximum Gasteiger partial charge on any atom is 0.134 e. The Kier molecular flexibility index (Phi) is 4.28. The van der Waals surface area contributed by atoms with Crippen LogP contribution in [0.4, 0.5) is 0 Å². The zero-order chi connectivity index (χ0) is 15.7. The number of para-hydroxylation sites is 1. The fraction of sp³-hybridized carbons (Fsp3) is 0.579. The average Bonchev–Trinajstić information content (AvgIpc) is 2.83. The normalized spacial score (nSPS) is 22.8. The van der Waals surface area contributed by atoms with E-state index in [4.69, 9.17) is 4.42 Å². The fourth-order valence-electron chi connectivity index (χ4n) is 3.61. The van der Waals surface area contributed by atoms with Crippen molar-refractivity contribution >= 4 is 11.0 Å². The summed E-state index contributed by atoms with van der Waals surface area (Å²) < 4.78 is 6.07. The number of aryl methyl sites for hydroxylation is 1. The van der Waals surface area contributed by atoms with Gasteiger partial charge in [0, 0.05) is 18.0 Å². The highest BCUT2D eigenvalue weighted by molar-refractivity contribution is 5.82. The molecule has 2 aromatic rings. The molecule has 3 nitrogen and oxygen atoms in total. The van der Waals surface area contributed by atoms with Crippen LogP contribution in [0.3, 0.4) is 0 Å². The molecule has 0 spiro atoms. The summed E-state index contributed by atoms with van der Waals surface area (Å²) in [6.07, 6.45) is 2.58. The molecule has 2 heterocycles. The van der Waals surface area contributed by atoms with Crippen LogP contribution >= 0.6 is 0 Å². The zero-order valence-corrected chi connectivity index (χ0v) is 14.2. The Morgan fingerprint density at radius 3 is 2.86 bits per heavy atom. The Hall–Kier alpha value is -1.32. The molecule has 0 amide bonds. The van der Waals surface area contributed by atoms with Gasteiger partial charge in [-0.1, -0.05) is 32.0 Å². The number of nitrogens with one attached hydrogen (secondary N) is 2. The van der Waals surface area contributed by atoms with E-state index in [1.165, 1.54) is 23.8 Å². The lowest BCUT2D eigenvalue weighted by atomic mass is 9.77. The van der Waals surface area contributed by atoms with Crippen LogP contribution in [0.1, 0.15) is 51.0 Å². The van der Waals surface area contributed by atoms with Gasteiger partial charge in [0.25, 0.3) is 0 Å². The van der Waals surface area contributed by atoms with Crippen molar-refractivity contribution in [2.45, 2.75) is 52.6 Å². The molecular formula is C19H28N2O. The Balaban J connectivity index is 1.71. The van der Waals surface area contributed by atoms with Gasteiger partial charge in [-0.2, -0.15) is 0 Å². The van der Waals surface area contributed by atoms with Gasteiger partial charge >= 0.3 is 0 Å². The Morgan fingerprint density at radius 2 is 2.14 bits per heavy atom. The largest absolute Gasteiger partial charge is 0.459 e. The molecule has 3 heteroatoms. The predicted molar refractivity (Wildman–Crippen MR) is 92.2 cm³/mol. The zero-order valence-electron chi connectivity index (χ0n) is 14.2. The molecule has 1 aliphatic heterocycles. The summed E-state index contributed by atoms with van der Waals surface area (Å²) in [6.45, 7) is 11.2. The second-order valence-corrected chi connectivity index (χ2v) is 7.32. The van der Waals surface area contributed by atoms with Gasteiger partial charge in [0.2, 0.25) is 0 Å². The molecule has 2 atom stereocenters. The molecule has 22 heavy (non-hydrogen) atoms. The second kappa shape index (κ2) is 6.05. The van der Waals surface area contributed by atoms with Gasteiger partial charge in [0.1, 0.15) is 11.3 Å². The SMILES string of the molecule is Cc1c(C(C)NCC2NCCCC2(C)C)oc2ccccc12. The van der Waals surface area contributed by atoms with Crippen molar-refractivity contribution < 1.29 is 4.42 Å². The highest BCUT2D eigenvalue weighted by Crippen LogP contribution is 2.31. The summed E-state index contributed by atoms with van der Waals surface area (Å²) >= 11 is 0. The molecule has 2 unspecified atom stereocenters. The number of rotatable bonds is 4. The minimum Gasteiger partial charge on any atom is -0.459 e. The lowest BCUT2D eigenvalue weighted by Crippen LogP contribution is -2.52. The van der Waals surface area contributed by atoms with Crippen molar-refractivity contribution in [2.24, 2.45) is 5.41 Å². The van der Waals surface area contributed by atoms with Crippen LogP contribution in [0.5, 0.6) is 0 Å². The summed E-state index contributed by atoms with van der Waals surface area (Å²) in [7, 11) is 0. The Bertz CT molecular complexity index is 644. The second-order valence-electron chi connectivity index (χ2n) is 7.32. The average molecular weight is 300 g/mol. The highest BCUT2D eigenvalue weighted by Gasteiger charge is 2.32. The molecule has 1 aromatic carbocycles. The first-order chi connectivity index (χ1) is 10.5. The molecule has 120 valence electrons. The smallest absolute Gasteiger partial charge is 0.134 e. The summed E-state index contributed by atoms with van der Waals surface area (Å²) in [4.78, 5) is 0. The first-order valence-corrected chi connectivity index (χ1v) is 8.44. The predicted octanol–water partition coefficient (Wildman–Crippen LogP) is 4.17. The number of benzene rings is 1. The van der Waals surface area contributed by atoms with E-state index in [-0.39, 0.29) is 6.04 Å². The van der Waals surface area contributed by atoms with E-state index in [1.54, 1.807) is 0 Å². The fourth-order valence-corrected chi connectivity index (χ4v) is 3.61. The van der Waals surface area contributed by atoms with Crippen molar-refractivity contribution in [3.05, 3.63) is 35.6 Å². The molecule has 1 aromatic heterocycles. The van der Waals surface area contributed by atoms with Gasteiger partial charge in [-0.05, 0) is 50.3 Å². The monoisotopic (exact) mass is 300 g/mol. The van der Waals surface area contributed by atoms with Crippen LogP contribution in [0.2, 0.25) is 0 Å². The van der Waals surface area contributed by atoms with Crippen molar-refractivity contribution in [2.75, 3.05) is 13.1 Å². The molecule has 3 rings (SSSR count). The third-order valence-corrected chi connectivity index (χ3v) is 5.23.